The van der Waals surface area contributed by atoms with E-state index in [0.717, 1.165) is 0 Å². The van der Waals surface area contributed by atoms with Crippen LogP contribution in [-0.4, -0.2) is 41.9 Å². The number of hydrogen-bond donors (Lipinski definition) is 0. The van der Waals surface area contributed by atoms with Crippen molar-refractivity contribution < 1.29 is 9.59 Å². The first-order valence-corrected chi connectivity index (χ1v) is 3.75. The van der Waals surface area contributed by atoms with E-state index in [1.54, 1.807) is 0 Å². The highest BCUT2D eigenvalue weighted by atomic mass is 16.2. The van der Waals surface area contributed by atoms with Crippen LogP contribution in [0.15, 0.2) is 12.2 Å². The van der Waals surface area contributed by atoms with Crippen LogP contribution in [0.2, 0.25) is 0 Å². The maximum Gasteiger partial charge on any atom is 0.254 e. The average Bonchev–Trinajstić information content (AvgIpc) is 2.30. The Labute approximate surface area is 71.4 Å². The van der Waals surface area contributed by atoms with Crippen molar-refractivity contribution in [3.8, 4) is 0 Å². The molecule has 0 aromatic rings. The summed E-state index contributed by atoms with van der Waals surface area (Å²) in [6.45, 7) is 1.81. The molecule has 4 nitrogen and oxygen atoms in total. The van der Waals surface area contributed by atoms with Gasteiger partial charge in [0.2, 0.25) is 0 Å². The standard InChI is InChI=1S/C8H12N2O2/c1-6(9(2)3)10-7(11)4-5-8(10)12/h4-6H,1-3H3. The summed E-state index contributed by atoms with van der Waals surface area (Å²) in [6.07, 6.45) is 2.41. The second-order valence-electron chi connectivity index (χ2n) is 2.98. The van der Waals surface area contributed by atoms with Gasteiger partial charge in [0.05, 0.1) is 6.17 Å². The molecule has 12 heavy (non-hydrogen) atoms. The summed E-state index contributed by atoms with van der Waals surface area (Å²) in [5.41, 5.74) is 0. The molecule has 0 aliphatic carbocycles. The minimum absolute atomic E-state index is 0.181. The topological polar surface area (TPSA) is 40.6 Å². The van der Waals surface area contributed by atoms with Gasteiger partial charge in [-0.1, -0.05) is 0 Å². The maximum absolute atomic E-state index is 11.1. The monoisotopic (exact) mass is 168 g/mol. The third-order valence-electron chi connectivity index (χ3n) is 1.96. The zero-order valence-corrected chi connectivity index (χ0v) is 7.44. The van der Waals surface area contributed by atoms with E-state index in [1.165, 1.54) is 17.1 Å². The molecule has 1 atom stereocenters. The Morgan fingerprint density at radius 2 is 1.67 bits per heavy atom. The SMILES string of the molecule is CC(N(C)C)N1C(=O)C=CC1=O. The molecule has 0 N–H and O–H groups in total. The van der Waals surface area contributed by atoms with Gasteiger partial charge in [0, 0.05) is 12.2 Å². The third-order valence-corrected chi connectivity index (χ3v) is 1.96. The number of amides is 2. The highest BCUT2D eigenvalue weighted by Crippen LogP contribution is 2.09. The van der Waals surface area contributed by atoms with Gasteiger partial charge in [-0.05, 0) is 21.0 Å². The Hall–Kier alpha value is -1.16. The smallest absolute Gasteiger partial charge is 0.254 e. The third kappa shape index (κ3) is 1.38. The molecule has 1 aliphatic heterocycles. The molecule has 1 unspecified atom stereocenters. The minimum atomic E-state index is -0.235. The van der Waals surface area contributed by atoms with Crippen molar-refractivity contribution in [3.63, 3.8) is 0 Å². The molecule has 0 bridgehead atoms. The molecule has 0 spiro atoms. The first kappa shape index (κ1) is 8.93. The summed E-state index contributed by atoms with van der Waals surface area (Å²) in [5, 5.41) is 0. The summed E-state index contributed by atoms with van der Waals surface area (Å²) in [4.78, 5) is 25.3. The number of hydrogen-bond acceptors (Lipinski definition) is 3. The van der Waals surface area contributed by atoms with Crippen LogP contribution in [0.4, 0.5) is 0 Å². The lowest BCUT2D eigenvalue weighted by atomic mass is 10.4. The van der Waals surface area contributed by atoms with Crippen LogP contribution in [0, 0.1) is 0 Å². The van der Waals surface area contributed by atoms with Crippen molar-refractivity contribution in [2.24, 2.45) is 0 Å². The fourth-order valence-corrected chi connectivity index (χ4v) is 1.01. The predicted octanol–water partition coefficient (Wildman–Crippen LogP) is -0.181. The Kier molecular flexibility index (Phi) is 2.28. The van der Waals surface area contributed by atoms with Crippen LogP contribution in [0.3, 0.4) is 0 Å². The molecular weight excluding hydrogens is 156 g/mol. The Bertz CT molecular complexity index is 227. The van der Waals surface area contributed by atoms with E-state index in [2.05, 4.69) is 0 Å². The highest BCUT2D eigenvalue weighted by molar-refractivity contribution is 6.13. The molecule has 0 aromatic heterocycles. The van der Waals surface area contributed by atoms with Gasteiger partial charge in [-0.2, -0.15) is 0 Å². The molecule has 0 saturated carbocycles. The second-order valence-corrected chi connectivity index (χ2v) is 2.98. The molecule has 0 fully saturated rings. The van der Waals surface area contributed by atoms with Gasteiger partial charge in [0.1, 0.15) is 0 Å². The van der Waals surface area contributed by atoms with Gasteiger partial charge in [0.15, 0.2) is 0 Å². The van der Waals surface area contributed by atoms with Crippen LogP contribution < -0.4 is 0 Å². The van der Waals surface area contributed by atoms with Crippen LogP contribution >= 0.6 is 0 Å². The molecule has 2 amide bonds. The number of imide groups is 1. The molecule has 0 saturated heterocycles. The summed E-state index contributed by atoms with van der Waals surface area (Å²) < 4.78 is 0. The normalized spacial score (nSPS) is 19.5. The molecule has 1 aliphatic rings. The number of rotatable bonds is 2. The van der Waals surface area contributed by atoms with Crippen LogP contribution in [0.5, 0.6) is 0 Å². The number of carbonyl (C=O) groups excluding carboxylic acids is 2. The van der Waals surface area contributed by atoms with Crippen LogP contribution in [0.25, 0.3) is 0 Å². The number of nitrogens with zero attached hydrogens (tertiary/aromatic N) is 2. The summed E-state index contributed by atoms with van der Waals surface area (Å²) in [6, 6.07) is 0. The van der Waals surface area contributed by atoms with Crippen molar-refractivity contribution in [1.82, 2.24) is 9.80 Å². The molecular formula is C8H12N2O2. The molecule has 4 heteroatoms. The van der Waals surface area contributed by atoms with Crippen molar-refractivity contribution in [2.75, 3.05) is 14.1 Å². The lowest BCUT2D eigenvalue weighted by Gasteiger charge is -2.27. The summed E-state index contributed by atoms with van der Waals surface area (Å²) in [5.74, 6) is -0.470. The van der Waals surface area contributed by atoms with Gasteiger partial charge in [0.25, 0.3) is 11.8 Å². The number of carbonyl (C=O) groups is 2. The summed E-state index contributed by atoms with van der Waals surface area (Å²) >= 11 is 0. The van der Waals surface area contributed by atoms with Crippen LogP contribution in [-0.2, 0) is 9.59 Å². The van der Waals surface area contributed by atoms with Gasteiger partial charge < -0.3 is 0 Å². The van der Waals surface area contributed by atoms with E-state index < -0.39 is 0 Å². The van der Waals surface area contributed by atoms with E-state index in [4.69, 9.17) is 0 Å². The van der Waals surface area contributed by atoms with E-state index in [1.807, 2.05) is 25.9 Å². The lowest BCUT2D eigenvalue weighted by molar-refractivity contribution is -0.142. The van der Waals surface area contributed by atoms with Crippen LogP contribution in [0.1, 0.15) is 6.92 Å². The Morgan fingerprint density at radius 3 is 2.00 bits per heavy atom. The van der Waals surface area contributed by atoms with Crippen molar-refractivity contribution >= 4 is 11.8 Å². The van der Waals surface area contributed by atoms with E-state index in [9.17, 15) is 9.59 Å². The lowest BCUT2D eigenvalue weighted by Crippen LogP contribution is -2.46. The fraction of sp³-hybridized carbons (Fsp3) is 0.500. The summed E-state index contributed by atoms with van der Waals surface area (Å²) in [7, 11) is 3.65. The fourth-order valence-electron chi connectivity index (χ4n) is 1.01. The van der Waals surface area contributed by atoms with Crippen molar-refractivity contribution in [3.05, 3.63) is 12.2 Å². The quantitative estimate of drug-likeness (QED) is 0.537. The molecule has 66 valence electrons. The van der Waals surface area contributed by atoms with Crippen molar-refractivity contribution in [2.45, 2.75) is 13.1 Å². The van der Waals surface area contributed by atoms with E-state index >= 15 is 0 Å². The van der Waals surface area contributed by atoms with Gasteiger partial charge >= 0.3 is 0 Å². The largest absolute Gasteiger partial charge is 0.289 e. The zero-order valence-electron chi connectivity index (χ0n) is 7.44. The van der Waals surface area contributed by atoms with Crippen molar-refractivity contribution in [1.29, 1.82) is 0 Å². The average molecular weight is 168 g/mol. The Morgan fingerprint density at radius 1 is 1.25 bits per heavy atom. The first-order chi connectivity index (χ1) is 5.54. The first-order valence-electron chi connectivity index (χ1n) is 3.75. The van der Waals surface area contributed by atoms with E-state index in [0.29, 0.717) is 0 Å². The second kappa shape index (κ2) is 3.06. The van der Waals surface area contributed by atoms with Gasteiger partial charge in [-0.3, -0.25) is 19.4 Å². The molecule has 0 radical (unpaired) electrons. The van der Waals surface area contributed by atoms with E-state index in [-0.39, 0.29) is 18.0 Å². The highest BCUT2D eigenvalue weighted by Gasteiger charge is 2.29. The minimum Gasteiger partial charge on any atom is -0.289 e. The molecule has 0 aromatic carbocycles. The predicted molar refractivity (Wildman–Crippen MR) is 44.1 cm³/mol. The molecule has 1 heterocycles. The zero-order chi connectivity index (χ0) is 9.30. The van der Waals surface area contributed by atoms with Gasteiger partial charge in [-0.15, -0.1) is 0 Å². The molecule has 1 rings (SSSR count). The van der Waals surface area contributed by atoms with Gasteiger partial charge in [-0.25, -0.2) is 0 Å². The Balaban J connectivity index is 2.76. The maximum atomic E-state index is 11.1.